The highest BCUT2D eigenvalue weighted by Crippen LogP contribution is 2.19. The van der Waals surface area contributed by atoms with Crippen molar-refractivity contribution in [3.63, 3.8) is 0 Å². The van der Waals surface area contributed by atoms with Crippen molar-refractivity contribution in [2.75, 3.05) is 25.4 Å². The van der Waals surface area contributed by atoms with Gasteiger partial charge in [-0.05, 0) is 25.0 Å². The van der Waals surface area contributed by atoms with E-state index in [0.29, 0.717) is 18.4 Å². The molecule has 1 aliphatic rings. The van der Waals surface area contributed by atoms with Crippen molar-refractivity contribution in [1.82, 2.24) is 9.62 Å². The molecule has 1 amide bonds. The highest BCUT2D eigenvalue weighted by molar-refractivity contribution is 7.89. The van der Waals surface area contributed by atoms with Gasteiger partial charge in [-0.2, -0.15) is 0 Å². The quantitative estimate of drug-likeness (QED) is 0.787. The van der Waals surface area contributed by atoms with Gasteiger partial charge in [-0.1, -0.05) is 18.2 Å². The predicted molar refractivity (Wildman–Crippen MR) is 84.5 cm³/mol. The van der Waals surface area contributed by atoms with Crippen molar-refractivity contribution in [1.29, 1.82) is 0 Å². The maximum atomic E-state index is 12.2. The van der Waals surface area contributed by atoms with E-state index in [1.165, 1.54) is 4.31 Å². The number of aliphatic carboxylic acids is 1. The molecule has 0 aromatic heterocycles. The van der Waals surface area contributed by atoms with Crippen LogP contribution in [0.1, 0.15) is 23.2 Å². The first-order chi connectivity index (χ1) is 10.9. The fraction of sp³-hybridized carbons (Fsp3) is 0.467. The molecule has 1 saturated heterocycles. The summed E-state index contributed by atoms with van der Waals surface area (Å²) in [6, 6.07) is 8.57. The fourth-order valence-electron chi connectivity index (χ4n) is 2.50. The zero-order valence-electron chi connectivity index (χ0n) is 12.6. The number of hydrogen-bond donors (Lipinski definition) is 2. The number of carbonyl (C=O) groups is 2. The zero-order chi connectivity index (χ0) is 16.9. The van der Waals surface area contributed by atoms with Gasteiger partial charge in [0.05, 0.1) is 11.7 Å². The largest absolute Gasteiger partial charge is 0.481 e. The second-order valence-electron chi connectivity index (χ2n) is 5.45. The molecule has 1 heterocycles. The van der Waals surface area contributed by atoms with Gasteiger partial charge < -0.3 is 10.4 Å². The number of carboxylic acids is 1. The maximum Gasteiger partial charge on any atom is 0.306 e. The molecule has 1 aromatic carbocycles. The number of hydrogen-bond acceptors (Lipinski definition) is 4. The smallest absolute Gasteiger partial charge is 0.306 e. The minimum atomic E-state index is -3.48. The summed E-state index contributed by atoms with van der Waals surface area (Å²) in [6.45, 7) is 0.451. The summed E-state index contributed by atoms with van der Waals surface area (Å²) in [5.41, 5.74) is 0.479. The van der Waals surface area contributed by atoms with E-state index in [1.54, 1.807) is 30.3 Å². The van der Waals surface area contributed by atoms with Crippen LogP contribution in [-0.4, -0.2) is 55.1 Å². The molecule has 0 atom stereocenters. The van der Waals surface area contributed by atoms with Gasteiger partial charge in [0.15, 0.2) is 0 Å². The van der Waals surface area contributed by atoms with Crippen LogP contribution in [0.15, 0.2) is 30.3 Å². The Balaban J connectivity index is 1.81. The summed E-state index contributed by atoms with van der Waals surface area (Å²) in [7, 11) is -3.48. The van der Waals surface area contributed by atoms with E-state index in [1.807, 2.05) is 0 Å². The van der Waals surface area contributed by atoms with Crippen LogP contribution in [0.25, 0.3) is 0 Å². The molecule has 0 spiro atoms. The molecule has 1 aromatic rings. The van der Waals surface area contributed by atoms with Crippen LogP contribution in [0, 0.1) is 5.92 Å². The molecule has 7 nitrogen and oxygen atoms in total. The number of carbonyl (C=O) groups excluding carboxylic acids is 1. The summed E-state index contributed by atoms with van der Waals surface area (Å²) in [4.78, 5) is 22.7. The molecular weight excluding hydrogens is 320 g/mol. The first-order valence-corrected chi connectivity index (χ1v) is 9.05. The van der Waals surface area contributed by atoms with E-state index in [-0.39, 0.29) is 31.3 Å². The van der Waals surface area contributed by atoms with Gasteiger partial charge in [0.25, 0.3) is 5.91 Å². The minimum Gasteiger partial charge on any atom is -0.481 e. The molecule has 0 aliphatic carbocycles. The van der Waals surface area contributed by atoms with Gasteiger partial charge in [0, 0.05) is 25.2 Å². The number of amides is 1. The van der Waals surface area contributed by atoms with Crippen LogP contribution in [0.3, 0.4) is 0 Å². The van der Waals surface area contributed by atoms with E-state index in [0.717, 1.165) is 0 Å². The van der Waals surface area contributed by atoms with Crippen molar-refractivity contribution in [2.24, 2.45) is 5.92 Å². The van der Waals surface area contributed by atoms with Gasteiger partial charge in [0.1, 0.15) is 0 Å². The maximum absolute atomic E-state index is 12.2. The molecule has 0 unspecified atom stereocenters. The average Bonchev–Trinajstić information content (AvgIpc) is 2.55. The van der Waals surface area contributed by atoms with E-state index in [9.17, 15) is 18.0 Å². The summed E-state index contributed by atoms with van der Waals surface area (Å²) in [5.74, 6) is -1.86. The third kappa shape index (κ3) is 4.77. The normalized spacial score (nSPS) is 16.9. The number of benzene rings is 1. The van der Waals surface area contributed by atoms with Crippen LogP contribution in [0.4, 0.5) is 0 Å². The highest BCUT2D eigenvalue weighted by Gasteiger charge is 2.30. The Labute approximate surface area is 135 Å². The third-order valence-electron chi connectivity index (χ3n) is 3.88. The van der Waals surface area contributed by atoms with E-state index in [2.05, 4.69) is 5.32 Å². The highest BCUT2D eigenvalue weighted by atomic mass is 32.2. The first kappa shape index (κ1) is 17.4. The van der Waals surface area contributed by atoms with Crippen molar-refractivity contribution in [3.8, 4) is 0 Å². The topological polar surface area (TPSA) is 104 Å². The number of rotatable bonds is 6. The molecule has 2 rings (SSSR count). The van der Waals surface area contributed by atoms with Crippen LogP contribution in [0.5, 0.6) is 0 Å². The van der Waals surface area contributed by atoms with E-state index >= 15 is 0 Å². The van der Waals surface area contributed by atoms with Crippen LogP contribution >= 0.6 is 0 Å². The Hall–Kier alpha value is -1.93. The molecular formula is C15H20N2O5S. The monoisotopic (exact) mass is 340 g/mol. The molecule has 126 valence electrons. The molecule has 0 saturated carbocycles. The Bertz CT molecular complexity index is 652. The van der Waals surface area contributed by atoms with E-state index in [4.69, 9.17) is 5.11 Å². The lowest BCUT2D eigenvalue weighted by molar-refractivity contribution is -0.142. The van der Waals surface area contributed by atoms with Crippen molar-refractivity contribution in [3.05, 3.63) is 35.9 Å². The van der Waals surface area contributed by atoms with Gasteiger partial charge >= 0.3 is 5.97 Å². The lowest BCUT2D eigenvalue weighted by Crippen LogP contribution is -2.43. The molecule has 1 aliphatic heterocycles. The van der Waals surface area contributed by atoms with Gasteiger partial charge in [0.2, 0.25) is 10.0 Å². The Kier molecular flexibility index (Phi) is 5.73. The van der Waals surface area contributed by atoms with Crippen molar-refractivity contribution >= 4 is 21.9 Å². The van der Waals surface area contributed by atoms with Crippen LogP contribution < -0.4 is 5.32 Å². The Morgan fingerprint density at radius 3 is 2.35 bits per heavy atom. The lowest BCUT2D eigenvalue weighted by atomic mass is 9.99. The van der Waals surface area contributed by atoms with Crippen LogP contribution in [-0.2, 0) is 14.8 Å². The number of nitrogens with one attached hydrogen (secondary N) is 1. The summed E-state index contributed by atoms with van der Waals surface area (Å²) in [6.07, 6.45) is 0.649. The summed E-state index contributed by atoms with van der Waals surface area (Å²) < 4.78 is 25.7. The third-order valence-corrected chi connectivity index (χ3v) is 5.75. The SMILES string of the molecule is O=C(NCCS(=O)(=O)N1CCC(C(=O)O)CC1)c1ccccc1. The molecule has 2 N–H and O–H groups in total. The fourth-order valence-corrected chi connectivity index (χ4v) is 3.88. The zero-order valence-corrected chi connectivity index (χ0v) is 13.5. The molecule has 0 radical (unpaired) electrons. The van der Waals surface area contributed by atoms with Crippen LogP contribution in [0.2, 0.25) is 0 Å². The average molecular weight is 340 g/mol. The number of nitrogens with zero attached hydrogens (tertiary/aromatic N) is 1. The summed E-state index contributed by atoms with van der Waals surface area (Å²) in [5, 5.41) is 11.5. The second kappa shape index (κ2) is 7.56. The number of carboxylic acid groups (broad SMARTS) is 1. The predicted octanol–water partition coefficient (Wildman–Crippen LogP) is 0.543. The Morgan fingerprint density at radius 2 is 1.78 bits per heavy atom. The standard InChI is InChI=1S/C15H20N2O5S/c18-14(12-4-2-1-3-5-12)16-8-11-23(21,22)17-9-6-13(7-10-17)15(19)20/h1-5,13H,6-11H2,(H,16,18)(H,19,20). The molecule has 8 heteroatoms. The molecule has 1 fully saturated rings. The summed E-state index contributed by atoms with van der Waals surface area (Å²) >= 11 is 0. The van der Waals surface area contributed by atoms with Gasteiger partial charge in [-0.3, -0.25) is 9.59 Å². The van der Waals surface area contributed by atoms with Gasteiger partial charge in [-0.15, -0.1) is 0 Å². The number of piperidine rings is 1. The second-order valence-corrected chi connectivity index (χ2v) is 7.54. The van der Waals surface area contributed by atoms with Gasteiger partial charge in [-0.25, -0.2) is 12.7 Å². The van der Waals surface area contributed by atoms with Crippen molar-refractivity contribution < 1.29 is 23.1 Å². The van der Waals surface area contributed by atoms with E-state index < -0.39 is 21.9 Å². The van der Waals surface area contributed by atoms with Crippen molar-refractivity contribution in [2.45, 2.75) is 12.8 Å². The lowest BCUT2D eigenvalue weighted by Gasteiger charge is -2.29. The first-order valence-electron chi connectivity index (χ1n) is 7.44. The number of sulfonamides is 1. The minimum absolute atomic E-state index is 0.0227. The Morgan fingerprint density at radius 1 is 1.17 bits per heavy atom. The molecule has 23 heavy (non-hydrogen) atoms. The molecule has 0 bridgehead atoms.